The summed E-state index contributed by atoms with van der Waals surface area (Å²) < 4.78 is 32.0. The fraction of sp³-hybridized carbons (Fsp3) is 1.00. The van der Waals surface area contributed by atoms with Crippen LogP contribution in [0.5, 0.6) is 0 Å². The lowest BCUT2D eigenvalue weighted by atomic mass is 9.78. The van der Waals surface area contributed by atoms with Crippen molar-refractivity contribution in [2.75, 3.05) is 6.61 Å². The first-order valence-electron chi connectivity index (χ1n) is 12.7. The summed E-state index contributed by atoms with van der Waals surface area (Å²) in [4.78, 5) is 0. The molecule has 5 heteroatoms. The summed E-state index contributed by atoms with van der Waals surface area (Å²) in [5, 5.41) is 0. The third kappa shape index (κ3) is 4.87. The molecule has 3 aliphatic heterocycles. The summed E-state index contributed by atoms with van der Waals surface area (Å²) in [5.74, 6) is 2.75. The predicted octanol–water partition coefficient (Wildman–Crippen LogP) is 5.71. The lowest BCUT2D eigenvalue weighted by molar-refractivity contribution is -0.353. The molecule has 182 valence electrons. The summed E-state index contributed by atoms with van der Waals surface area (Å²) in [6, 6.07) is 0. The van der Waals surface area contributed by atoms with Gasteiger partial charge in [0.05, 0.1) is 24.9 Å². The first-order chi connectivity index (χ1) is 14.4. The molecule has 3 aliphatic rings. The minimum atomic E-state index is -0.620. The Labute approximate surface area is 190 Å². The van der Waals surface area contributed by atoms with Crippen molar-refractivity contribution in [3.63, 3.8) is 0 Å². The van der Waals surface area contributed by atoms with Gasteiger partial charge in [-0.3, -0.25) is 0 Å². The Hall–Kier alpha value is -0.200. The van der Waals surface area contributed by atoms with Gasteiger partial charge < -0.3 is 23.7 Å². The molecule has 3 saturated heterocycles. The Bertz CT molecular complexity index is 598. The molecular formula is C26H48O5. The van der Waals surface area contributed by atoms with Gasteiger partial charge in [0.25, 0.3) is 0 Å². The van der Waals surface area contributed by atoms with Gasteiger partial charge >= 0.3 is 0 Å². The van der Waals surface area contributed by atoms with Crippen LogP contribution in [0.3, 0.4) is 0 Å². The van der Waals surface area contributed by atoms with Crippen molar-refractivity contribution in [2.45, 2.75) is 113 Å². The molecule has 0 aliphatic carbocycles. The maximum absolute atomic E-state index is 6.58. The maximum Gasteiger partial charge on any atom is 0.171 e. The molecule has 0 amide bonds. The molecule has 3 fully saturated rings. The highest BCUT2D eigenvalue weighted by Gasteiger charge is 2.51. The van der Waals surface area contributed by atoms with Crippen LogP contribution >= 0.6 is 0 Å². The van der Waals surface area contributed by atoms with Gasteiger partial charge in [0.2, 0.25) is 0 Å². The van der Waals surface area contributed by atoms with Crippen molar-refractivity contribution in [1.82, 2.24) is 0 Å². The van der Waals surface area contributed by atoms with Crippen LogP contribution < -0.4 is 0 Å². The van der Waals surface area contributed by atoms with Crippen molar-refractivity contribution in [2.24, 2.45) is 47.3 Å². The van der Waals surface area contributed by atoms with E-state index in [4.69, 9.17) is 23.7 Å². The van der Waals surface area contributed by atoms with E-state index in [9.17, 15) is 0 Å². The summed E-state index contributed by atoms with van der Waals surface area (Å²) >= 11 is 0. The van der Waals surface area contributed by atoms with Gasteiger partial charge in [-0.2, -0.15) is 0 Å². The van der Waals surface area contributed by atoms with E-state index in [1.54, 1.807) is 0 Å². The normalized spacial score (nSPS) is 56.0. The van der Waals surface area contributed by atoms with E-state index < -0.39 is 5.79 Å². The third-order valence-electron chi connectivity index (χ3n) is 9.71. The molecule has 0 aromatic heterocycles. The van der Waals surface area contributed by atoms with Gasteiger partial charge in [-0.05, 0) is 50.4 Å². The zero-order valence-corrected chi connectivity index (χ0v) is 21.8. The molecule has 0 bridgehead atoms. The third-order valence-corrected chi connectivity index (χ3v) is 9.71. The number of hydrogen-bond donors (Lipinski definition) is 0. The Morgan fingerprint density at radius 2 is 1.19 bits per heavy atom. The molecule has 14 atom stereocenters. The SMILES string of the molecule is CC1[C@@H](C)[C@](C)(O[C@H]2OC(CO[C@H]3OC(C)[C@H](C)[C@@H](C)C3C)[C@@H](C)[C@@H](C)C2C)O[C@@H]1C. The highest BCUT2D eigenvalue weighted by molar-refractivity contribution is 4.90. The first kappa shape index (κ1) is 25.4. The highest BCUT2D eigenvalue weighted by atomic mass is 16.8. The van der Waals surface area contributed by atoms with Crippen LogP contribution in [-0.4, -0.2) is 43.3 Å². The van der Waals surface area contributed by atoms with Crippen LogP contribution in [-0.2, 0) is 23.7 Å². The fourth-order valence-electron chi connectivity index (χ4n) is 5.64. The van der Waals surface area contributed by atoms with Crippen LogP contribution in [0.1, 0.15) is 76.2 Å². The van der Waals surface area contributed by atoms with E-state index >= 15 is 0 Å². The summed E-state index contributed by atoms with van der Waals surface area (Å²) in [6.45, 7) is 25.0. The maximum atomic E-state index is 6.58. The van der Waals surface area contributed by atoms with Gasteiger partial charge in [0.15, 0.2) is 18.4 Å². The first-order valence-corrected chi connectivity index (χ1v) is 12.7. The van der Waals surface area contributed by atoms with Gasteiger partial charge in [0.1, 0.15) is 0 Å². The second-order valence-electron chi connectivity index (χ2n) is 11.3. The van der Waals surface area contributed by atoms with Gasteiger partial charge in [0, 0.05) is 17.8 Å². The molecule has 0 aromatic rings. The van der Waals surface area contributed by atoms with Crippen molar-refractivity contribution in [1.29, 1.82) is 0 Å². The van der Waals surface area contributed by atoms with E-state index in [0.717, 1.165) is 0 Å². The van der Waals surface area contributed by atoms with Crippen LogP contribution in [0.2, 0.25) is 0 Å². The van der Waals surface area contributed by atoms with Crippen molar-refractivity contribution in [3.05, 3.63) is 0 Å². The van der Waals surface area contributed by atoms with Gasteiger partial charge in [-0.25, -0.2) is 0 Å². The summed E-state index contributed by atoms with van der Waals surface area (Å²) in [7, 11) is 0. The zero-order chi connectivity index (χ0) is 23.2. The van der Waals surface area contributed by atoms with Crippen LogP contribution in [0.25, 0.3) is 0 Å². The Kier molecular flexibility index (Phi) is 7.86. The highest BCUT2D eigenvalue weighted by Crippen LogP contribution is 2.45. The van der Waals surface area contributed by atoms with Gasteiger partial charge in [-0.15, -0.1) is 0 Å². The molecule has 3 heterocycles. The largest absolute Gasteiger partial charge is 0.350 e. The lowest BCUT2D eigenvalue weighted by Crippen LogP contribution is -2.52. The molecule has 0 aromatic carbocycles. The molecule has 0 radical (unpaired) electrons. The second kappa shape index (κ2) is 9.58. The van der Waals surface area contributed by atoms with E-state index in [0.29, 0.717) is 48.0 Å². The van der Waals surface area contributed by atoms with Crippen molar-refractivity contribution in [3.8, 4) is 0 Å². The molecule has 0 N–H and O–H groups in total. The molecule has 3 rings (SSSR count). The fourth-order valence-corrected chi connectivity index (χ4v) is 5.64. The predicted molar refractivity (Wildman–Crippen MR) is 122 cm³/mol. The molecule has 31 heavy (non-hydrogen) atoms. The molecule has 0 spiro atoms. The Balaban J connectivity index is 1.65. The molecule has 0 saturated carbocycles. The summed E-state index contributed by atoms with van der Waals surface area (Å²) in [5.41, 5.74) is 0. The quantitative estimate of drug-likeness (QED) is 0.548. The van der Waals surface area contributed by atoms with Crippen LogP contribution in [0, 0.1) is 47.3 Å². The molecular weight excluding hydrogens is 392 g/mol. The van der Waals surface area contributed by atoms with E-state index in [-0.39, 0.29) is 36.8 Å². The minimum Gasteiger partial charge on any atom is -0.350 e. The van der Waals surface area contributed by atoms with Crippen molar-refractivity contribution < 1.29 is 23.7 Å². The molecule has 5 unspecified atom stereocenters. The zero-order valence-electron chi connectivity index (χ0n) is 21.8. The number of rotatable bonds is 5. The standard InChI is InChI=1S/C26H48O5/c1-13-15(3)21(9)28-24(17(13)5)27-12-23-16(4)14(2)18(6)25(29-23)31-26(11)20(8)19(7)22(10)30-26/h13-25H,12H2,1-11H3/t13-,14-,15-,16+,17?,18?,19?,20-,21?,22-,23?,24+,25-,26+/m1/s1. The monoisotopic (exact) mass is 440 g/mol. The van der Waals surface area contributed by atoms with Crippen LogP contribution in [0.15, 0.2) is 0 Å². The van der Waals surface area contributed by atoms with E-state index in [1.807, 2.05) is 0 Å². The molecule has 5 nitrogen and oxygen atoms in total. The average Bonchev–Trinajstić information content (AvgIpc) is 2.91. The lowest BCUT2D eigenvalue weighted by Gasteiger charge is -2.47. The van der Waals surface area contributed by atoms with Crippen LogP contribution in [0.4, 0.5) is 0 Å². The minimum absolute atomic E-state index is 0.0212. The van der Waals surface area contributed by atoms with Crippen molar-refractivity contribution >= 4 is 0 Å². The smallest absolute Gasteiger partial charge is 0.171 e. The topological polar surface area (TPSA) is 46.2 Å². The van der Waals surface area contributed by atoms with E-state index in [2.05, 4.69) is 76.2 Å². The Morgan fingerprint density at radius 1 is 0.613 bits per heavy atom. The number of ether oxygens (including phenoxy) is 5. The number of hydrogen-bond acceptors (Lipinski definition) is 5. The Morgan fingerprint density at radius 3 is 1.77 bits per heavy atom. The average molecular weight is 441 g/mol. The van der Waals surface area contributed by atoms with E-state index in [1.165, 1.54) is 0 Å². The second-order valence-corrected chi connectivity index (χ2v) is 11.3. The summed E-state index contributed by atoms with van der Waals surface area (Å²) in [6.07, 6.45) is -0.102. The van der Waals surface area contributed by atoms with Gasteiger partial charge in [-0.1, -0.05) is 55.4 Å².